The molecule has 0 saturated heterocycles. The van der Waals surface area contributed by atoms with Crippen LogP contribution in [0.5, 0.6) is 5.88 Å². The van der Waals surface area contributed by atoms with Gasteiger partial charge in [-0.15, -0.1) is 0 Å². The minimum absolute atomic E-state index is 0.176. The maximum absolute atomic E-state index is 13.2. The van der Waals surface area contributed by atoms with Crippen molar-refractivity contribution < 1.29 is 23.2 Å². The van der Waals surface area contributed by atoms with Crippen LogP contribution in [0.25, 0.3) is 22.4 Å². The van der Waals surface area contributed by atoms with Crippen molar-refractivity contribution in [3.8, 4) is 17.1 Å². The summed E-state index contributed by atoms with van der Waals surface area (Å²) in [5.41, 5.74) is 1.26. The van der Waals surface area contributed by atoms with Crippen LogP contribution in [-0.2, 0) is 9.53 Å². The molecular formula is C17H17FN4O4. The summed E-state index contributed by atoms with van der Waals surface area (Å²) in [4.78, 5) is 20.2. The molecule has 8 nitrogen and oxygen atoms in total. The number of amides is 1. The van der Waals surface area contributed by atoms with E-state index in [1.807, 2.05) is 0 Å². The van der Waals surface area contributed by atoms with Crippen molar-refractivity contribution in [1.29, 1.82) is 0 Å². The average molecular weight is 360 g/mol. The van der Waals surface area contributed by atoms with Crippen molar-refractivity contribution in [1.82, 2.24) is 20.4 Å². The number of ether oxygens (including phenoxy) is 2. The van der Waals surface area contributed by atoms with Crippen LogP contribution in [0.4, 0.5) is 4.39 Å². The second-order valence-corrected chi connectivity index (χ2v) is 5.43. The van der Waals surface area contributed by atoms with Gasteiger partial charge in [0.25, 0.3) is 11.6 Å². The molecule has 3 rings (SSSR count). The van der Waals surface area contributed by atoms with Gasteiger partial charge in [0.2, 0.25) is 5.88 Å². The molecule has 0 aliphatic carbocycles. The van der Waals surface area contributed by atoms with E-state index in [0.717, 1.165) is 0 Å². The van der Waals surface area contributed by atoms with Crippen molar-refractivity contribution in [2.24, 2.45) is 0 Å². The Morgan fingerprint density at radius 1 is 1.27 bits per heavy atom. The molecule has 2 heterocycles. The predicted octanol–water partition coefficient (Wildman–Crippen LogP) is 1.87. The van der Waals surface area contributed by atoms with Crippen molar-refractivity contribution in [2.75, 3.05) is 26.9 Å². The number of halogens is 1. The zero-order chi connectivity index (χ0) is 18.5. The van der Waals surface area contributed by atoms with Crippen LogP contribution in [0.2, 0.25) is 0 Å². The average Bonchev–Trinajstić information content (AvgIpc) is 3.04. The number of hydrogen-bond donors (Lipinski definition) is 1. The maximum atomic E-state index is 13.2. The van der Waals surface area contributed by atoms with Crippen molar-refractivity contribution >= 4 is 17.0 Å². The third kappa shape index (κ3) is 3.94. The normalized spacial score (nSPS) is 10.9. The number of aryl methyl sites for hydroxylation is 1. The Kier molecular flexibility index (Phi) is 5.37. The van der Waals surface area contributed by atoms with Crippen LogP contribution in [-0.4, -0.2) is 47.9 Å². The van der Waals surface area contributed by atoms with Gasteiger partial charge in [-0.05, 0) is 31.2 Å². The smallest absolute Gasteiger partial charge is 0.265 e. The molecule has 0 radical (unpaired) electrons. The zero-order valence-electron chi connectivity index (χ0n) is 14.3. The van der Waals surface area contributed by atoms with E-state index in [9.17, 15) is 9.18 Å². The molecule has 0 aliphatic rings. The van der Waals surface area contributed by atoms with Crippen molar-refractivity contribution in [3.63, 3.8) is 0 Å². The van der Waals surface area contributed by atoms with Crippen LogP contribution < -0.4 is 10.1 Å². The molecule has 0 aliphatic heterocycles. The van der Waals surface area contributed by atoms with E-state index in [4.69, 9.17) is 14.0 Å². The van der Waals surface area contributed by atoms with E-state index < -0.39 is 0 Å². The van der Waals surface area contributed by atoms with Crippen LogP contribution in [0.15, 0.2) is 28.8 Å². The third-order valence-electron chi connectivity index (χ3n) is 3.50. The number of carbonyl (C=O) groups is 1. The van der Waals surface area contributed by atoms with E-state index in [1.54, 1.807) is 26.2 Å². The Bertz CT molecular complexity index is 911. The van der Waals surface area contributed by atoms with Gasteiger partial charge < -0.3 is 19.3 Å². The van der Waals surface area contributed by atoms with E-state index in [0.29, 0.717) is 35.6 Å². The lowest BCUT2D eigenvalue weighted by Gasteiger charge is -2.08. The summed E-state index contributed by atoms with van der Waals surface area (Å²) in [6.07, 6.45) is 0. The second kappa shape index (κ2) is 7.87. The summed E-state index contributed by atoms with van der Waals surface area (Å²) in [5, 5.41) is 7.06. The summed E-state index contributed by atoms with van der Waals surface area (Å²) in [7, 11) is 1.55. The largest absolute Gasteiger partial charge is 0.467 e. The number of carbonyl (C=O) groups excluding carboxylic acids is 1. The molecule has 1 amide bonds. The quantitative estimate of drug-likeness (QED) is 0.642. The van der Waals surface area contributed by atoms with Gasteiger partial charge in [0.15, 0.2) is 6.61 Å². The highest BCUT2D eigenvalue weighted by atomic mass is 19.1. The van der Waals surface area contributed by atoms with Gasteiger partial charge in [-0.3, -0.25) is 4.79 Å². The molecule has 1 N–H and O–H groups in total. The number of benzene rings is 1. The summed E-state index contributed by atoms with van der Waals surface area (Å²) in [5.74, 6) is -0.0897. The van der Waals surface area contributed by atoms with Crippen LogP contribution in [0.3, 0.4) is 0 Å². The van der Waals surface area contributed by atoms with Crippen molar-refractivity contribution in [2.45, 2.75) is 6.92 Å². The number of aromatic nitrogens is 3. The predicted molar refractivity (Wildman–Crippen MR) is 90.1 cm³/mol. The SMILES string of the molecule is COCCNC(=O)COc1nc(C)nc2onc(-c3ccc(F)cc3)c12. The molecule has 1 aromatic carbocycles. The van der Waals surface area contributed by atoms with E-state index in [-0.39, 0.29) is 29.9 Å². The molecule has 0 unspecified atom stereocenters. The summed E-state index contributed by atoms with van der Waals surface area (Å²) >= 11 is 0. The van der Waals surface area contributed by atoms with Gasteiger partial charge in [0.05, 0.1) is 6.61 Å². The lowest BCUT2D eigenvalue weighted by Crippen LogP contribution is -2.31. The lowest BCUT2D eigenvalue weighted by molar-refractivity contribution is -0.123. The summed E-state index contributed by atoms with van der Waals surface area (Å²) in [6.45, 7) is 2.22. The van der Waals surface area contributed by atoms with Gasteiger partial charge in [-0.1, -0.05) is 5.16 Å². The number of fused-ring (bicyclic) bond motifs is 1. The molecule has 0 fully saturated rings. The highest BCUT2D eigenvalue weighted by Crippen LogP contribution is 2.33. The first-order valence-electron chi connectivity index (χ1n) is 7.87. The number of methoxy groups -OCH3 is 1. The van der Waals surface area contributed by atoms with Gasteiger partial charge in [-0.2, -0.15) is 9.97 Å². The number of hydrogen-bond acceptors (Lipinski definition) is 7. The molecule has 9 heteroatoms. The maximum Gasteiger partial charge on any atom is 0.265 e. The van der Waals surface area contributed by atoms with Gasteiger partial charge >= 0.3 is 0 Å². The molecule has 0 spiro atoms. The van der Waals surface area contributed by atoms with Crippen LogP contribution in [0, 0.1) is 12.7 Å². The number of nitrogens with zero attached hydrogens (tertiary/aromatic N) is 3. The fourth-order valence-corrected chi connectivity index (χ4v) is 2.31. The topological polar surface area (TPSA) is 99.4 Å². The minimum Gasteiger partial charge on any atom is -0.467 e. The molecule has 26 heavy (non-hydrogen) atoms. The Balaban J connectivity index is 1.88. The van der Waals surface area contributed by atoms with Gasteiger partial charge in [-0.25, -0.2) is 4.39 Å². The fourth-order valence-electron chi connectivity index (χ4n) is 2.31. The highest BCUT2D eigenvalue weighted by molar-refractivity contribution is 5.93. The Hall–Kier alpha value is -3.07. The first kappa shape index (κ1) is 17.7. The Labute approximate surface area is 148 Å². The standard InChI is InChI=1S/C17H17FN4O4/c1-10-20-16(25-9-13(23)19-7-8-24-2)14-15(22-26-17(14)21-10)11-3-5-12(18)6-4-11/h3-6H,7-9H2,1-2H3,(H,19,23). The Morgan fingerprint density at radius 3 is 2.77 bits per heavy atom. The van der Waals surface area contributed by atoms with Crippen LogP contribution >= 0.6 is 0 Å². The lowest BCUT2D eigenvalue weighted by atomic mass is 10.1. The molecule has 0 bridgehead atoms. The second-order valence-electron chi connectivity index (χ2n) is 5.43. The van der Waals surface area contributed by atoms with Crippen LogP contribution in [0.1, 0.15) is 5.82 Å². The monoisotopic (exact) mass is 360 g/mol. The van der Waals surface area contributed by atoms with E-state index in [2.05, 4.69) is 20.4 Å². The van der Waals surface area contributed by atoms with E-state index >= 15 is 0 Å². The summed E-state index contributed by atoms with van der Waals surface area (Å²) < 4.78 is 28.8. The number of rotatable bonds is 7. The molecule has 2 aromatic heterocycles. The fraction of sp³-hybridized carbons (Fsp3) is 0.294. The molecular weight excluding hydrogens is 343 g/mol. The number of nitrogens with one attached hydrogen (secondary N) is 1. The summed E-state index contributed by atoms with van der Waals surface area (Å²) in [6, 6.07) is 5.75. The first-order chi connectivity index (χ1) is 12.6. The molecule has 0 atom stereocenters. The molecule has 0 saturated carbocycles. The zero-order valence-corrected chi connectivity index (χ0v) is 14.3. The minimum atomic E-state index is -0.363. The van der Waals surface area contributed by atoms with E-state index in [1.165, 1.54) is 12.1 Å². The van der Waals surface area contributed by atoms with Gasteiger partial charge in [0.1, 0.15) is 22.7 Å². The molecule has 3 aromatic rings. The first-order valence-corrected chi connectivity index (χ1v) is 7.87. The van der Waals surface area contributed by atoms with Gasteiger partial charge in [0, 0.05) is 19.2 Å². The Morgan fingerprint density at radius 2 is 2.04 bits per heavy atom. The highest BCUT2D eigenvalue weighted by Gasteiger charge is 2.19. The molecule has 136 valence electrons. The third-order valence-corrected chi connectivity index (χ3v) is 3.50. The van der Waals surface area contributed by atoms with Crippen molar-refractivity contribution in [3.05, 3.63) is 35.9 Å².